The number of halogens is 1. The maximum Gasteiger partial charge on any atom is 0.258 e. The first-order valence-electron chi connectivity index (χ1n) is 8.92. The summed E-state index contributed by atoms with van der Waals surface area (Å²) in [7, 11) is 0. The minimum atomic E-state index is -0.226. The van der Waals surface area contributed by atoms with Crippen LogP contribution in [0.1, 0.15) is 18.6 Å². The number of nitrogens with zero attached hydrogens (tertiary/aromatic N) is 3. The molecule has 2 N–H and O–H groups in total. The maximum atomic E-state index is 12.3. The molecule has 0 amide bonds. The molecule has 0 spiro atoms. The van der Waals surface area contributed by atoms with E-state index in [4.69, 9.17) is 11.6 Å². The molecule has 0 bridgehead atoms. The fraction of sp³-hybridized carbons (Fsp3) is 0.200. The number of aromatic nitrogens is 4. The second-order valence-corrected chi connectivity index (χ2v) is 6.94. The SMILES string of the molecule is CCN(Cc1nc2ccccc2c(=O)[nH]1)Cc1nc2ccc(Cl)cc2c(=O)[nH]1. The maximum absolute atomic E-state index is 12.3. The standard InChI is InChI=1S/C20H18ClN5O2/c1-2-26(10-17-22-15-6-4-3-5-13(15)19(27)24-17)11-18-23-16-8-7-12(21)9-14(16)20(28)25-18/h3-9H,2,10-11H2,1H3,(H,22,24,27)(H,23,25,28). The number of hydrogen-bond donors (Lipinski definition) is 2. The molecule has 0 saturated heterocycles. The molecule has 0 atom stereocenters. The first-order valence-corrected chi connectivity index (χ1v) is 9.30. The van der Waals surface area contributed by atoms with Crippen molar-refractivity contribution in [3.8, 4) is 0 Å². The van der Waals surface area contributed by atoms with E-state index in [0.717, 1.165) is 0 Å². The van der Waals surface area contributed by atoms with E-state index in [1.165, 1.54) is 0 Å². The highest BCUT2D eigenvalue weighted by Crippen LogP contribution is 2.15. The molecule has 2 heterocycles. The van der Waals surface area contributed by atoms with Gasteiger partial charge in [0, 0.05) is 5.02 Å². The van der Waals surface area contributed by atoms with Gasteiger partial charge in [0.2, 0.25) is 0 Å². The molecular weight excluding hydrogens is 378 g/mol. The van der Waals surface area contributed by atoms with Crippen molar-refractivity contribution in [2.75, 3.05) is 6.54 Å². The van der Waals surface area contributed by atoms with Crippen molar-refractivity contribution < 1.29 is 0 Å². The third-order valence-corrected chi connectivity index (χ3v) is 4.81. The van der Waals surface area contributed by atoms with Gasteiger partial charge in [0.05, 0.1) is 34.9 Å². The van der Waals surface area contributed by atoms with Crippen LogP contribution in [0.4, 0.5) is 0 Å². The Morgan fingerprint density at radius 3 is 2.18 bits per heavy atom. The Balaban J connectivity index is 1.62. The van der Waals surface area contributed by atoms with Gasteiger partial charge >= 0.3 is 0 Å². The minimum Gasteiger partial charge on any atom is -0.309 e. The van der Waals surface area contributed by atoms with Gasteiger partial charge in [-0.05, 0) is 36.9 Å². The Kier molecular flexibility index (Phi) is 4.93. The van der Waals surface area contributed by atoms with Gasteiger partial charge in [0.15, 0.2) is 0 Å². The summed E-state index contributed by atoms with van der Waals surface area (Å²) in [5.74, 6) is 1.12. The third-order valence-electron chi connectivity index (χ3n) is 4.57. The van der Waals surface area contributed by atoms with Crippen LogP contribution in [0.5, 0.6) is 0 Å². The average Bonchev–Trinajstić information content (AvgIpc) is 2.68. The first-order chi connectivity index (χ1) is 13.5. The molecule has 7 nitrogen and oxygen atoms in total. The Morgan fingerprint density at radius 2 is 1.50 bits per heavy atom. The van der Waals surface area contributed by atoms with E-state index in [-0.39, 0.29) is 11.1 Å². The molecule has 0 aliphatic heterocycles. The molecule has 4 aromatic rings. The lowest BCUT2D eigenvalue weighted by Gasteiger charge is -2.19. The van der Waals surface area contributed by atoms with Crippen molar-refractivity contribution >= 4 is 33.4 Å². The van der Waals surface area contributed by atoms with Crippen molar-refractivity contribution in [2.45, 2.75) is 20.0 Å². The van der Waals surface area contributed by atoms with Gasteiger partial charge in [-0.2, -0.15) is 0 Å². The highest BCUT2D eigenvalue weighted by atomic mass is 35.5. The van der Waals surface area contributed by atoms with E-state index < -0.39 is 0 Å². The van der Waals surface area contributed by atoms with Crippen molar-refractivity contribution in [2.24, 2.45) is 0 Å². The summed E-state index contributed by atoms with van der Waals surface area (Å²) in [5.41, 5.74) is 0.865. The molecule has 0 aliphatic rings. The zero-order valence-corrected chi connectivity index (χ0v) is 16.0. The molecule has 2 aromatic carbocycles. The van der Waals surface area contributed by atoms with E-state index in [1.807, 2.05) is 30.0 Å². The summed E-state index contributed by atoms with van der Waals surface area (Å²) in [4.78, 5) is 41.3. The Morgan fingerprint density at radius 1 is 0.893 bits per heavy atom. The minimum absolute atomic E-state index is 0.161. The van der Waals surface area contributed by atoms with Crippen molar-refractivity contribution in [1.29, 1.82) is 0 Å². The van der Waals surface area contributed by atoms with E-state index in [9.17, 15) is 9.59 Å². The number of fused-ring (bicyclic) bond motifs is 2. The summed E-state index contributed by atoms with van der Waals surface area (Å²) in [6, 6.07) is 12.3. The predicted molar refractivity (Wildman–Crippen MR) is 110 cm³/mol. The van der Waals surface area contributed by atoms with Crippen LogP contribution in [0.15, 0.2) is 52.1 Å². The lowest BCUT2D eigenvalue weighted by atomic mass is 10.2. The lowest BCUT2D eigenvalue weighted by Crippen LogP contribution is -2.27. The summed E-state index contributed by atoms with van der Waals surface area (Å²) < 4.78 is 0. The van der Waals surface area contributed by atoms with Gasteiger partial charge in [-0.25, -0.2) is 9.97 Å². The van der Waals surface area contributed by atoms with Gasteiger partial charge in [-0.1, -0.05) is 30.7 Å². The zero-order chi connectivity index (χ0) is 19.7. The van der Waals surface area contributed by atoms with Crippen LogP contribution < -0.4 is 11.1 Å². The quantitative estimate of drug-likeness (QED) is 0.541. The fourth-order valence-electron chi connectivity index (χ4n) is 3.15. The largest absolute Gasteiger partial charge is 0.309 e. The number of hydrogen-bond acceptors (Lipinski definition) is 5. The molecule has 8 heteroatoms. The average molecular weight is 396 g/mol. The number of benzene rings is 2. The van der Waals surface area contributed by atoms with Crippen molar-refractivity contribution in [1.82, 2.24) is 24.8 Å². The van der Waals surface area contributed by atoms with Crippen LogP contribution in [-0.2, 0) is 13.1 Å². The lowest BCUT2D eigenvalue weighted by molar-refractivity contribution is 0.258. The van der Waals surface area contributed by atoms with Crippen molar-refractivity contribution in [3.63, 3.8) is 0 Å². The van der Waals surface area contributed by atoms with Gasteiger partial charge in [0.1, 0.15) is 11.6 Å². The molecule has 2 aromatic heterocycles. The Bertz CT molecular complexity index is 1280. The van der Waals surface area contributed by atoms with E-state index >= 15 is 0 Å². The summed E-state index contributed by atoms with van der Waals surface area (Å²) in [5, 5.41) is 1.52. The topological polar surface area (TPSA) is 94.7 Å². The zero-order valence-electron chi connectivity index (χ0n) is 15.2. The first kappa shape index (κ1) is 18.3. The van der Waals surface area contributed by atoms with E-state index in [0.29, 0.717) is 58.1 Å². The molecule has 0 fully saturated rings. The third kappa shape index (κ3) is 3.67. The molecule has 0 saturated carbocycles. The Labute approximate surface area is 165 Å². The molecule has 0 aliphatic carbocycles. The van der Waals surface area contributed by atoms with Crippen LogP contribution in [0.25, 0.3) is 21.8 Å². The van der Waals surface area contributed by atoms with Gasteiger partial charge in [0.25, 0.3) is 11.1 Å². The smallest absolute Gasteiger partial charge is 0.258 e. The van der Waals surface area contributed by atoms with Crippen LogP contribution in [0.2, 0.25) is 5.02 Å². The van der Waals surface area contributed by atoms with Crippen LogP contribution in [0.3, 0.4) is 0 Å². The second-order valence-electron chi connectivity index (χ2n) is 6.51. The predicted octanol–water partition coefficient (Wildman–Crippen LogP) is 2.84. The Hall–Kier alpha value is -3.03. The fourth-order valence-corrected chi connectivity index (χ4v) is 3.32. The molecular formula is C20H18ClN5O2. The van der Waals surface area contributed by atoms with Gasteiger partial charge in [-0.3, -0.25) is 14.5 Å². The molecule has 4 rings (SSSR count). The summed E-state index contributed by atoms with van der Waals surface area (Å²) in [6.07, 6.45) is 0. The second kappa shape index (κ2) is 7.53. The monoisotopic (exact) mass is 395 g/mol. The van der Waals surface area contributed by atoms with Gasteiger partial charge < -0.3 is 9.97 Å². The van der Waals surface area contributed by atoms with Gasteiger partial charge in [-0.15, -0.1) is 0 Å². The van der Waals surface area contributed by atoms with E-state index in [2.05, 4.69) is 19.9 Å². The molecule has 0 unspecified atom stereocenters. The number of H-pyrrole nitrogens is 2. The number of aromatic amines is 2. The summed E-state index contributed by atoms with van der Waals surface area (Å²) >= 11 is 5.96. The van der Waals surface area contributed by atoms with E-state index in [1.54, 1.807) is 24.3 Å². The molecule has 28 heavy (non-hydrogen) atoms. The highest BCUT2D eigenvalue weighted by molar-refractivity contribution is 6.31. The molecule has 0 radical (unpaired) electrons. The molecule has 142 valence electrons. The number of nitrogens with one attached hydrogen (secondary N) is 2. The number of para-hydroxylation sites is 1. The normalized spacial score (nSPS) is 11.5. The van der Waals surface area contributed by atoms with Crippen LogP contribution in [-0.4, -0.2) is 31.4 Å². The van der Waals surface area contributed by atoms with Crippen LogP contribution >= 0.6 is 11.6 Å². The number of rotatable bonds is 5. The van der Waals surface area contributed by atoms with Crippen molar-refractivity contribution in [3.05, 3.63) is 79.8 Å². The van der Waals surface area contributed by atoms with Crippen LogP contribution in [0, 0.1) is 0 Å². The highest BCUT2D eigenvalue weighted by Gasteiger charge is 2.12. The summed E-state index contributed by atoms with van der Waals surface area (Å²) in [6.45, 7) is 3.54.